The first-order valence-electron chi connectivity index (χ1n) is 36.8. The highest BCUT2D eigenvalue weighted by molar-refractivity contribution is 7.97. The predicted octanol–water partition coefficient (Wildman–Crippen LogP) is 7.97. The van der Waals surface area contributed by atoms with Gasteiger partial charge >= 0.3 is 5.97 Å². The third kappa shape index (κ3) is 19.8. The Morgan fingerprint density at radius 2 is 1.03 bits per heavy atom. The molecule has 13 N–H and O–H groups in total. The van der Waals surface area contributed by atoms with Gasteiger partial charge in [-0.25, -0.2) is 29.7 Å². The molecule has 119 heavy (non-hydrogen) atoms. The van der Waals surface area contributed by atoms with E-state index in [1.54, 1.807) is 104 Å². The number of fused-ring (bicyclic) bond motifs is 2. The first-order chi connectivity index (χ1) is 56.7. The zero-order valence-corrected chi connectivity index (χ0v) is 66.8. The number of anilines is 7. The number of nitrogens with zero attached hydrogens (tertiary/aromatic N) is 15. The molecule has 10 aromatic rings. The summed E-state index contributed by atoms with van der Waals surface area (Å²) >= 11 is 4.51. The Labute approximate surface area is 682 Å². The lowest BCUT2D eigenvalue weighted by Gasteiger charge is -2.17. The standard InChI is InChI=1S/C79H84N24O15S/c1-42(104)84-55(19-22-82-71(109)57-29-46(37-98(57)5)87-73(111)59-32-48(39-100(59)7)89-77(115)68-92-64(41-103(68)10)94-75(113)66-80-23-26-96(66)3)69(107)85-44-30-60(101(8)35-44)74(112)93-63-40-102(9)67(91-63)76(114)88-47-31-58(99(6)38-47)72(110)86-45-28-56(97(4)36-45)70(108)81-20-11-24-95(2)25-12-21-83-79(119)90-43-13-16-51(54(27-43)78(116)117)65-52-17-14-49(105)33-61(52)118-62-34-50(106)15-18-53(62)65/h13-18,23,26-41,55,105H,11-12,19-22,24-25H2,1-10H3,(H,81,108)(H,82,109)(H,84,104)(H,85,107)(H,86,110)(H,87,111)(H,88,114)(H,89,115)(H,93,112)(H,94,113)(H,116,117)(H2,83,90,119)/t55-/m1/s1. The number of aryl methyl sites for hydroxylation is 8. The van der Waals surface area contributed by atoms with Crippen LogP contribution in [-0.2, 0) is 56.4 Å². The van der Waals surface area contributed by atoms with E-state index >= 15 is 0 Å². The normalized spacial score (nSPS) is 12.1. The molecule has 9 heterocycles. The van der Waals surface area contributed by atoms with Gasteiger partial charge in [0.1, 0.15) is 51.6 Å². The van der Waals surface area contributed by atoms with Gasteiger partial charge in [-0.05, 0) is 112 Å². The Kier molecular flexibility index (Phi) is 25.0. The molecule has 2 aromatic carbocycles. The van der Waals surface area contributed by atoms with E-state index in [2.05, 4.69) is 95.3 Å². The number of thiol groups is 1. The van der Waals surface area contributed by atoms with Crippen LogP contribution < -0.4 is 53.3 Å². The summed E-state index contributed by atoms with van der Waals surface area (Å²) in [5.74, 6) is -6.30. The average molecular weight is 1640 g/mol. The molecule has 0 spiro atoms. The third-order valence-electron chi connectivity index (χ3n) is 18.9. The zero-order chi connectivity index (χ0) is 85.4. The van der Waals surface area contributed by atoms with Gasteiger partial charge in [-0.2, -0.15) is 0 Å². The molecule has 12 rings (SSSR count). The topological polar surface area (TPSA) is 491 Å². The third-order valence-corrected chi connectivity index (χ3v) is 19.1. The molecule has 0 radical (unpaired) electrons. The molecule has 1 atom stereocenters. The molecule has 1 aliphatic heterocycles. The number of amidine groups is 1. The van der Waals surface area contributed by atoms with E-state index in [0.717, 1.165) is 0 Å². The van der Waals surface area contributed by atoms with Crippen LogP contribution in [-0.4, -0.2) is 193 Å². The van der Waals surface area contributed by atoms with Gasteiger partial charge in [0.2, 0.25) is 17.5 Å². The second-order valence-electron chi connectivity index (χ2n) is 28.0. The van der Waals surface area contributed by atoms with Crippen molar-refractivity contribution in [3.8, 4) is 28.2 Å². The maximum Gasteiger partial charge on any atom is 0.336 e. The molecular formula is C79H84N24O15S. The number of hydrogen-bond acceptors (Lipinski definition) is 19. The van der Waals surface area contributed by atoms with Gasteiger partial charge in [0.15, 0.2) is 34.0 Å². The van der Waals surface area contributed by atoms with E-state index in [1.165, 1.54) is 137 Å². The number of aromatic carboxylic acids is 1. The number of carbonyl (C=O) groups is 9. The molecule has 0 saturated heterocycles. The first kappa shape index (κ1) is 83.3. The fraction of sp³-hybridized carbons (Fsp3) is 0.241. The number of benzene rings is 3. The number of carboxylic acid groups (broad SMARTS) is 1. The molecule has 39 nitrogen and oxygen atoms in total. The van der Waals surface area contributed by atoms with Crippen LogP contribution in [0.3, 0.4) is 0 Å². The highest BCUT2D eigenvalue weighted by Gasteiger charge is 2.28. The van der Waals surface area contributed by atoms with E-state index in [1.807, 2.05) is 7.05 Å². The number of imidazole rings is 3. The largest absolute Gasteiger partial charge is 0.508 e. The number of aliphatic hydroxyl groups is 2. The summed E-state index contributed by atoms with van der Waals surface area (Å²) in [6.07, 6.45) is 14.8. The molecular weight excluding hydrogens is 1560 g/mol. The van der Waals surface area contributed by atoms with Gasteiger partial charge in [-0.3, -0.25) is 48.1 Å². The number of phenols is 1. The summed E-state index contributed by atoms with van der Waals surface area (Å²) in [7, 11) is 14.8. The minimum absolute atomic E-state index is 0.00585. The van der Waals surface area contributed by atoms with Crippen LogP contribution in [0.5, 0.6) is 5.75 Å². The van der Waals surface area contributed by atoms with Crippen molar-refractivity contribution in [2.75, 3.05) is 77.0 Å². The maximum absolute atomic E-state index is 13.7. The summed E-state index contributed by atoms with van der Waals surface area (Å²) in [4.78, 5) is 160. The van der Waals surface area contributed by atoms with Crippen molar-refractivity contribution in [1.29, 1.82) is 0 Å². The number of nitrogens with one attached hydrogen (secondary N) is 9. The molecule has 40 heteroatoms. The highest BCUT2D eigenvalue weighted by Crippen LogP contribution is 2.43. The summed E-state index contributed by atoms with van der Waals surface area (Å²) in [6, 6.07) is 19.7. The van der Waals surface area contributed by atoms with Gasteiger partial charge in [0.25, 0.3) is 47.3 Å². The van der Waals surface area contributed by atoms with Crippen LogP contribution in [0.25, 0.3) is 33.4 Å². The van der Waals surface area contributed by atoms with E-state index in [-0.39, 0.29) is 127 Å². The number of carbonyl (C=O) groups excluding carboxylic acids is 8. The maximum atomic E-state index is 13.7. The molecule has 0 fully saturated rings. The average Bonchev–Trinajstić information content (AvgIpc) is 1.70. The van der Waals surface area contributed by atoms with Crippen molar-refractivity contribution in [2.45, 2.75) is 32.2 Å². The number of rotatable bonds is 31. The van der Waals surface area contributed by atoms with Crippen LogP contribution in [0.4, 0.5) is 45.8 Å². The molecule has 0 bridgehead atoms. The smallest absolute Gasteiger partial charge is 0.336 e. The van der Waals surface area contributed by atoms with Crippen molar-refractivity contribution in [1.82, 2.24) is 67.0 Å². The number of aromatic nitrogens is 11. The van der Waals surface area contributed by atoms with Crippen molar-refractivity contribution < 1.29 is 68.0 Å². The fourth-order valence-corrected chi connectivity index (χ4v) is 13.4. The van der Waals surface area contributed by atoms with Gasteiger partial charge in [-0.1, -0.05) is 6.07 Å². The van der Waals surface area contributed by atoms with Crippen molar-refractivity contribution >= 4 is 140 Å². The summed E-state index contributed by atoms with van der Waals surface area (Å²) < 4.78 is 17.8. The number of carboxylic acids is 1. The van der Waals surface area contributed by atoms with Crippen molar-refractivity contribution in [2.24, 2.45) is 71.4 Å². The Morgan fingerprint density at radius 3 is 1.58 bits per heavy atom. The number of aliphatic imine (C=N–C) groups is 3. The molecule has 0 saturated carbocycles. The lowest BCUT2D eigenvalue weighted by Crippen LogP contribution is -2.30. The van der Waals surface area contributed by atoms with Crippen LogP contribution >= 0.6 is 12.6 Å². The number of aliphatic hydroxyl groups excluding tert-OH is 2. The van der Waals surface area contributed by atoms with Crippen LogP contribution in [0.1, 0.15) is 121 Å². The van der Waals surface area contributed by atoms with E-state index < -0.39 is 65.2 Å². The molecule has 1 aliphatic carbocycles. The first-order valence-corrected chi connectivity index (χ1v) is 37.2. The molecule has 2 aliphatic rings. The monoisotopic (exact) mass is 1640 g/mol. The lowest BCUT2D eigenvalue weighted by atomic mass is 9.90. The lowest BCUT2D eigenvalue weighted by molar-refractivity contribution is 0.0695. The zero-order valence-electron chi connectivity index (χ0n) is 65.9. The Hall–Kier alpha value is -15.1. The minimum Gasteiger partial charge on any atom is -0.508 e. The highest BCUT2D eigenvalue weighted by atomic mass is 32.1. The van der Waals surface area contributed by atoms with Crippen LogP contribution in [0.2, 0.25) is 0 Å². The number of phenolic OH excluding ortho intramolecular Hbond substituents is 1. The summed E-state index contributed by atoms with van der Waals surface area (Å²) in [6.45, 7) is 3.31. The predicted molar refractivity (Wildman–Crippen MR) is 448 cm³/mol. The summed E-state index contributed by atoms with van der Waals surface area (Å²) in [5.41, 5.74) is 3.87. The quantitative estimate of drug-likeness (QED) is 0.00643. The van der Waals surface area contributed by atoms with Crippen LogP contribution in [0.15, 0.2) is 165 Å². The Morgan fingerprint density at radius 1 is 0.521 bits per heavy atom. The number of aromatic hydroxyl groups is 1. The van der Waals surface area contributed by atoms with E-state index in [0.29, 0.717) is 78.2 Å². The SMILES string of the molecule is CC(O)=N[C@H](CCNC(=O)c1cc(NC(=O)c2cc(NC(=O)c3nc(NC(=O)c4nccn4C)cn3C)cn2C)cn1C)C(O)=Nc1cc(C(=O)Nc2cn(C)c(C(=O)Nc3cc(C(=O)Nc4cc(C(=O)NCCCN(C)CCCN=C(S)Nc5ccc(-c6c7ccc(=O)cc-7oc7cc(O)ccc67)c(C(=O)O)c5)n(C)c4)n(C)c3)n2)n(C)c1. The fourth-order valence-electron chi connectivity index (χ4n) is 13.2. The second-order valence-corrected chi connectivity index (χ2v) is 28.4. The van der Waals surface area contributed by atoms with Gasteiger partial charge in [-0.15, -0.1) is 12.6 Å². The Balaban J connectivity index is 0.562. The Bertz CT molecular complexity index is 6110. The van der Waals surface area contributed by atoms with Crippen molar-refractivity contribution in [3.63, 3.8) is 0 Å². The molecule has 0 unspecified atom stereocenters. The number of amides is 8. The van der Waals surface area contributed by atoms with E-state index in [4.69, 9.17) is 4.42 Å². The molecule has 8 aromatic heterocycles. The van der Waals surface area contributed by atoms with Crippen molar-refractivity contribution in [3.05, 3.63) is 202 Å². The second kappa shape index (κ2) is 35.7. The van der Waals surface area contributed by atoms with E-state index in [9.17, 15) is 68.4 Å². The van der Waals surface area contributed by atoms with Gasteiger partial charge < -0.3 is 114 Å². The minimum atomic E-state index is -1.19. The summed E-state index contributed by atoms with van der Waals surface area (Å²) in [5, 5.41) is 67.8. The molecule has 616 valence electrons. The number of hydrogen-bond donors (Lipinski definition) is 14. The van der Waals surface area contributed by atoms with Gasteiger partial charge in [0, 0.05) is 173 Å². The molecule has 8 amide bonds. The van der Waals surface area contributed by atoms with Crippen LogP contribution in [0, 0.1) is 0 Å². The van der Waals surface area contributed by atoms with Gasteiger partial charge in [0.05, 0.1) is 34.0 Å².